The molecule has 0 radical (unpaired) electrons. The molecule has 74 valence electrons. The van der Waals surface area contributed by atoms with Crippen molar-refractivity contribution in [2.45, 2.75) is 20.3 Å². The number of anilines is 1. The molecular weight excluding hydrogens is 176 g/mol. The number of nitrogens with zero attached hydrogens (tertiary/aromatic N) is 1. The molecule has 2 rings (SSSR count). The molecule has 0 aliphatic heterocycles. The maximum Gasteiger partial charge on any atom is 0.169 e. The van der Waals surface area contributed by atoms with E-state index in [-0.39, 0.29) is 0 Å². The summed E-state index contributed by atoms with van der Waals surface area (Å²) in [4.78, 5) is 0. The Labute approximate surface area is 83.1 Å². The van der Waals surface area contributed by atoms with Gasteiger partial charge in [0.25, 0.3) is 0 Å². The van der Waals surface area contributed by atoms with Crippen LogP contribution in [-0.4, -0.2) is 12.2 Å². The number of aryl methyl sites for hydroxylation is 2. The highest BCUT2D eigenvalue weighted by atomic mass is 16.5. The maximum atomic E-state index is 5.25. The van der Waals surface area contributed by atoms with Gasteiger partial charge in [-0.15, -0.1) is 0 Å². The van der Waals surface area contributed by atoms with Crippen LogP contribution in [0.15, 0.2) is 16.7 Å². The van der Waals surface area contributed by atoms with Crippen LogP contribution in [0.4, 0.5) is 5.69 Å². The normalized spacial score (nSPS) is 10.8. The van der Waals surface area contributed by atoms with Crippen molar-refractivity contribution in [2.75, 3.05) is 12.4 Å². The van der Waals surface area contributed by atoms with Gasteiger partial charge in [-0.25, -0.2) is 0 Å². The molecule has 1 aromatic carbocycles. The van der Waals surface area contributed by atoms with Gasteiger partial charge in [0.2, 0.25) is 0 Å². The second kappa shape index (κ2) is 3.33. The summed E-state index contributed by atoms with van der Waals surface area (Å²) >= 11 is 0. The van der Waals surface area contributed by atoms with Crippen LogP contribution in [-0.2, 0) is 6.42 Å². The van der Waals surface area contributed by atoms with Crippen LogP contribution < -0.4 is 5.32 Å². The van der Waals surface area contributed by atoms with E-state index < -0.39 is 0 Å². The summed E-state index contributed by atoms with van der Waals surface area (Å²) in [5.41, 5.74) is 4.23. The molecule has 0 fully saturated rings. The molecule has 0 amide bonds. The predicted octanol–water partition coefficient (Wildman–Crippen LogP) is 2.74. The summed E-state index contributed by atoms with van der Waals surface area (Å²) in [5.74, 6) is 0. The topological polar surface area (TPSA) is 38.1 Å². The lowest BCUT2D eigenvalue weighted by molar-refractivity contribution is 0.447. The highest BCUT2D eigenvalue weighted by molar-refractivity contribution is 5.94. The second-order valence-electron chi connectivity index (χ2n) is 3.36. The predicted molar refractivity (Wildman–Crippen MR) is 57.7 cm³/mol. The van der Waals surface area contributed by atoms with Gasteiger partial charge in [-0.05, 0) is 25.0 Å². The van der Waals surface area contributed by atoms with Gasteiger partial charge in [0, 0.05) is 12.7 Å². The van der Waals surface area contributed by atoms with E-state index in [0.717, 1.165) is 28.8 Å². The van der Waals surface area contributed by atoms with E-state index >= 15 is 0 Å². The van der Waals surface area contributed by atoms with Crippen molar-refractivity contribution in [2.24, 2.45) is 0 Å². The zero-order chi connectivity index (χ0) is 10.1. The van der Waals surface area contributed by atoms with Gasteiger partial charge >= 0.3 is 0 Å². The first-order chi connectivity index (χ1) is 6.77. The summed E-state index contributed by atoms with van der Waals surface area (Å²) in [6.45, 7) is 4.16. The fourth-order valence-corrected chi connectivity index (χ4v) is 1.76. The Bertz CT molecular complexity index is 460. The number of aromatic nitrogens is 1. The smallest absolute Gasteiger partial charge is 0.169 e. The van der Waals surface area contributed by atoms with Crippen LogP contribution in [0.25, 0.3) is 11.0 Å². The molecule has 0 bridgehead atoms. The van der Waals surface area contributed by atoms with Crippen molar-refractivity contribution in [1.29, 1.82) is 0 Å². The van der Waals surface area contributed by atoms with Crippen molar-refractivity contribution >= 4 is 16.7 Å². The monoisotopic (exact) mass is 190 g/mol. The largest absolute Gasteiger partial charge is 0.387 e. The molecule has 0 unspecified atom stereocenters. The molecule has 0 spiro atoms. The van der Waals surface area contributed by atoms with E-state index in [9.17, 15) is 0 Å². The van der Waals surface area contributed by atoms with Crippen LogP contribution in [0, 0.1) is 6.92 Å². The standard InChI is InChI=1S/C11H14N2O/c1-4-8-10-9(14-13-8)6-5-7(2)11(10)12-3/h5-6,12H,4H2,1-3H3. The highest BCUT2D eigenvalue weighted by Gasteiger charge is 2.11. The minimum atomic E-state index is 0.858. The number of hydrogen-bond donors (Lipinski definition) is 1. The third kappa shape index (κ3) is 1.16. The Morgan fingerprint density at radius 2 is 2.21 bits per heavy atom. The fourth-order valence-electron chi connectivity index (χ4n) is 1.76. The van der Waals surface area contributed by atoms with Gasteiger partial charge in [-0.1, -0.05) is 18.1 Å². The van der Waals surface area contributed by atoms with Crippen LogP contribution in [0.2, 0.25) is 0 Å². The fraction of sp³-hybridized carbons (Fsp3) is 0.364. The SMILES string of the molecule is CCc1noc2ccc(C)c(NC)c12. The third-order valence-corrected chi connectivity index (χ3v) is 2.50. The van der Waals surface area contributed by atoms with Crippen LogP contribution in [0.3, 0.4) is 0 Å². The van der Waals surface area contributed by atoms with Crippen molar-refractivity contribution in [3.05, 3.63) is 23.4 Å². The zero-order valence-corrected chi connectivity index (χ0v) is 8.72. The summed E-state index contributed by atoms with van der Waals surface area (Å²) in [5, 5.41) is 8.37. The van der Waals surface area contributed by atoms with E-state index in [1.54, 1.807) is 0 Å². The van der Waals surface area contributed by atoms with E-state index in [2.05, 4.69) is 24.3 Å². The number of benzene rings is 1. The average molecular weight is 190 g/mol. The van der Waals surface area contributed by atoms with Gasteiger partial charge in [0.05, 0.1) is 11.1 Å². The number of fused-ring (bicyclic) bond motifs is 1. The summed E-state index contributed by atoms with van der Waals surface area (Å²) < 4.78 is 5.25. The Balaban J connectivity index is 2.81. The van der Waals surface area contributed by atoms with E-state index in [4.69, 9.17) is 4.52 Å². The van der Waals surface area contributed by atoms with E-state index in [0.29, 0.717) is 0 Å². The summed E-state index contributed by atoms with van der Waals surface area (Å²) in [6.07, 6.45) is 0.894. The average Bonchev–Trinajstić information content (AvgIpc) is 2.61. The van der Waals surface area contributed by atoms with Crippen molar-refractivity contribution < 1.29 is 4.52 Å². The molecule has 0 saturated heterocycles. The van der Waals surface area contributed by atoms with Gasteiger partial charge in [-0.3, -0.25) is 0 Å². The molecule has 1 aromatic heterocycles. The molecule has 0 atom stereocenters. The summed E-state index contributed by atoms with van der Waals surface area (Å²) in [6, 6.07) is 4.01. The third-order valence-electron chi connectivity index (χ3n) is 2.50. The Kier molecular flexibility index (Phi) is 2.15. The van der Waals surface area contributed by atoms with Crippen LogP contribution >= 0.6 is 0 Å². The summed E-state index contributed by atoms with van der Waals surface area (Å²) in [7, 11) is 1.92. The molecule has 0 saturated carbocycles. The first-order valence-electron chi connectivity index (χ1n) is 4.83. The lowest BCUT2D eigenvalue weighted by Crippen LogP contribution is -1.93. The first-order valence-corrected chi connectivity index (χ1v) is 4.83. The zero-order valence-electron chi connectivity index (χ0n) is 8.72. The van der Waals surface area contributed by atoms with Gasteiger partial charge < -0.3 is 9.84 Å². The maximum absolute atomic E-state index is 5.25. The van der Waals surface area contributed by atoms with Gasteiger partial charge in [0.15, 0.2) is 5.58 Å². The molecule has 1 heterocycles. The minimum Gasteiger partial charge on any atom is -0.387 e. The van der Waals surface area contributed by atoms with E-state index in [1.807, 2.05) is 19.2 Å². The minimum absolute atomic E-state index is 0.858. The van der Waals surface area contributed by atoms with Crippen LogP contribution in [0.5, 0.6) is 0 Å². The van der Waals surface area contributed by atoms with Gasteiger partial charge in [0.1, 0.15) is 0 Å². The van der Waals surface area contributed by atoms with Crippen molar-refractivity contribution in [3.63, 3.8) is 0 Å². The lowest BCUT2D eigenvalue weighted by atomic mass is 10.1. The number of nitrogens with one attached hydrogen (secondary N) is 1. The van der Waals surface area contributed by atoms with Crippen molar-refractivity contribution in [3.8, 4) is 0 Å². The number of hydrogen-bond acceptors (Lipinski definition) is 3. The quantitative estimate of drug-likeness (QED) is 0.791. The Morgan fingerprint density at radius 3 is 2.86 bits per heavy atom. The van der Waals surface area contributed by atoms with Crippen LogP contribution in [0.1, 0.15) is 18.2 Å². The highest BCUT2D eigenvalue weighted by Crippen LogP contribution is 2.29. The van der Waals surface area contributed by atoms with Gasteiger partial charge in [-0.2, -0.15) is 0 Å². The molecule has 14 heavy (non-hydrogen) atoms. The molecule has 2 aromatic rings. The number of rotatable bonds is 2. The lowest BCUT2D eigenvalue weighted by Gasteiger charge is -2.05. The molecule has 3 heteroatoms. The Hall–Kier alpha value is -1.51. The molecule has 0 aliphatic rings. The second-order valence-corrected chi connectivity index (χ2v) is 3.36. The van der Waals surface area contributed by atoms with E-state index in [1.165, 1.54) is 5.56 Å². The molecular formula is C11H14N2O. The molecule has 1 N–H and O–H groups in total. The van der Waals surface area contributed by atoms with Crippen molar-refractivity contribution in [1.82, 2.24) is 5.16 Å². The molecule has 3 nitrogen and oxygen atoms in total. The molecule has 0 aliphatic carbocycles. The first kappa shape index (κ1) is 9.06. The Morgan fingerprint density at radius 1 is 1.43 bits per heavy atom.